The zero-order valence-electron chi connectivity index (χ0n) is 11.2. The van der Waals surface area contributed by atoms with E-state index in [-0.39, 0.29) is 11.1 Å². The van der Waals surface area contributed by atoms with Gasteiger partial charge in [-0.3, -0.25) is 0 Å². The topological polar surface area (TPSA) is 69.7 Å². The molecule has 106 valence electrons. The summed E-state index contributed by atoms with van der Waals surface area (Å²) in [6.45, 7) is 3.67. The lowest BCUT2D eigenvalue weighted by atomic mass is 9.97. The second-order valence-corrected chi connectivity index (χ2v) is 5.01. The molecule has 0 aromatic heterocycles. The van der Waals surface area contributed by atoms with Gasteiger partial charge in [0.05, 0.1) is 16.7 Å². The van der Waals surface area contributed by atoms with Crippen LogP contribution in [0.1, 0.15) is 36.6 Å². The maximum absolute atomic E-state index is 11.7. The Hall–Kier alpha value is -3.21. The molecule has 4 rings (SSSR count). The molecular formula is C17H8O5. The van der Waals surface area contributed by atoms with Crippen LogP contribution >= 0.6 is 0 Å². The SMILES string of the molecule is C=C1OC(=O)c2cc(-c3ccc4c(c3)C(=O)OC4=O)ccc21. The molecule has 0 radical (unpaired) electrons. The van der Waals surface area contributed by atoms with Gasteiger partial charge in [-0.05, 0) is 35.4 Å². The van der Waals surface area contributed by atoms with Crippen molar-refractivity contribution in [1.29, 1.82) is 0 Å². The normalized spacial score (nSPS) is 15.5. The Morgan fingerprint density at radius 2 is 1.14 bits per heavy atom. The van der Waals surface area contributed by atoms with Gasteiger partial charge in [0.15, 0.2) is 0 Å². The largest absolute Gasteiger partial charge is 0.423 e. The smallest absolute Gasteiger partial charge is 0.346 e. The Labute approximate surface area is 124 Å². The predicted molar refractivity (Wildman–Crippen MR) is 76.1 cm³/mol. The van der Waals surface area contributed by atoms with Crippen molar-refractivity contribution in [3.05, 3.63) is 65.2 Å². The molecule has 2 aliphatic rings. The molecule has 2 aliphatic heterocycles. The van der Waals surface area contributed by atoms with Crippen LogP contribution in [0.25, 0.3) is 16.9 Å². The predicted octanol–water partition coefficient (Wildman–Crippen LogP) is 2.81. The molecular weight excluding hydrogens is 284 g/mol. The lowest BCUT2D eigenvalue weighted by Gasteiger charge is -2.04. The molecule has 0 saturated heterocycles. The third kappa shape index (κ3) is 1.62. The molecule has 0 amide bonds. The van der Waals surface area contributed by atoms with Gasteiger partial charge in [-0.15, -0.1) is 0 Å². The summed E-state index contributed by atoms with van der Waals surface area (Å²) in [6, 6.07) is 10.1. The van der Waals surface area contributed by atoms with Crippen LogP contribution in [0.2, 0.25) is 0 Å². The van der Waals surface area contributed by atoms with E-state index in [1.54, 1.807) is 36.4 Å². The fourth-order valence-corrected chi connectivity index (χ4v) is 2.62. The van der Waals surface area contributed by atoms with Crippen LogP contribution in [0.4, 0.5) is 0 Å². The van der Waals surface area contributed by atoms with Gasteiger partial charge < -0.3 is 9.47 Å². The van der Waals surface area contributed by atoms with Gasteiger partial charge in [0.2, 0.25) is 0 Å². The fourth-order valence-electron chi connectivity index (χ4n) is 2.62. The second kappa shape index (κ2) is 4.14. The number of hydrogen-bond acceptors (Lipinski definition) is 5. The minimum absolute atomic E-state index is 0.231. The molecule has 0 aliphatic carbocycles. The molecule has 2 heterocycles. The molecule has 2 aromatic carbocycles. The molecule has 0 bridgehead atoms. The van der Waals surface area contributed by atoms with E-state index in [1.165, 1.54) is 0 Å². The number of carbonyl (C=O) groups is 3. The van der Waals surface area contributed by atoms with E-state index in [0.717, 1.165) is 5.56 Å². The first kappa shape index (κ1) is 12.5. The standard InChI is InChI=1S/C17H8O5/c1-8-11-4-2-9(6-13(11)16(19)21-8)10-3-5-12-14(7-10)17(20)22-15(12)18/h2-7H,1H2. The second-order valence-electron chi connectivity index (χ2n) is 5.01. The van der Waals surface area contributed by atoms with Gasteiger partial charge in [-0.1, -0.05) is 18.7 Å². The van der Waals surface area contributed by atoms with Crippen molar-refractivity contribution in [2.24, 2.45) is 0 Å². The van der Waals surface area contributed by atoms with E-state index in [0.29, 0.717) is 22.4 Å². The van der Waals surface area contributed by atoms with Gasteiger partial charge >= 0.3 is 17.9 Å². The van der Waals surface area contributed by atoms with Crippen LogP contribution in [0.15, 0.2) is 43.0 Å². The van der Waals surface area contributed by atoms with Crippen molar-refractivity contribution < 1.29 is 23.9 Å². The van der Waals surface area contributed by atoms with E-state index in [1.807, 2.05) is 0 Å². The number of hydrogen-bond donors (Lipinski definition) is 0. The highest BCUT2D eigenvalue weighted by atomic mass is 16.6. The van der Waals surface area contributed by atoms with Crippen LogP contribution in [0, 0.1) is 0 Å². The summed E-state index contributed by atoms with van der Waals surface area (Å²) in [5, 5.41) is 0. The average Bonchev–Trinajstić information content (AvgIpc) is 2.96. The molecule has 0 spiro atoms. The summed E-state index contributed by atoms with van der Waals surface area (Å²) in [6.07, 6.45) is 0. The zero-order valence-corrected chi connectivity index (χ0v) is 11.2. The number of fused-ring (bicyclic) bond motifs is 2. The quantitative estimate of drug-likeness (QED) is 0.597. The van der Waals surface area contributed by atoms with Crippen molar-refractivity contribution in [2.45, 2.75) is 0 Å². The van der Waals surface area contributed by atoms with Crippen molar-refractivity contribution in [1.82, 2.24) is 0 Å². The minimum atomic E-state index is -0.657. The molecule has 5 heteroatoms. The first-order valence-corrected chi connectivity index (χ1v) is 6.51. The minimum Gasteiger partial charge on any atom is -0.423 e. The first-order chi connectivity index (χ1) is 10.5. The summed E-state index contributed by atoms with van der Waals surface area (Å²) in [7, 11) is 0. The highest BCUT2D eigenvalue weighted by Crippen LogP contribution is 2.33. The number of carbonyl (C=O) groups excluding carboxylic acids is 3. The van der Waals surface area contributed by atoms with Gasteiger partial charge in [0.1, 0.15) is 5.76 Å². The molecule has 0 saturated carbocycles. The van der Waals surface area contributed by atoms with E-state index in [9.17, 15) is 14.4 Å². The van der Waals surface area contributed by atoms with Crippen molar-refractivity contribution in [3.63, 3.8) is 0 Å². The summed E-state index contributed by atoms with van der Waals surface area (Å²) in [4.78, 5) is 34.8. The van der Waals surface area contributed by atoms with Crippen LogP contribution in [0.3, 0.4) is 0 Å². The number of cyclic esters (lactones) is 3. The number of benzene rings is 2. The number of rotatable bonds is 1. The van der Waals surface area contributed by atoms with Crippen LogP contribution in [-0.4, -0.2) is 17.9 Å². The van der Waals surface area contributed by atoms with Crippen LogP contribution < -0.4 is 0 Å². The van der Waals surface area contributed by atoms with Gasteiger partial charge in [0, 0.05) is 5.56 Å². The monoisotopic (exact) mass is 292 g/mol. The Morgan fingerprint density at radius 3 is 1.82 bits per heavy atom. The van der Waals surface area contributed by atoms with E-state index >= 15 is 0 Å². The third-order valence-electron chi connectivity index (χ3n) is 3.73. The average molecular weight is 292 g/mol. The van der Waals surface area contributed by atoms with Crippen LogP contribution in [-0.2, 0) is 9.47 Å². The molecule has 22 heavy (non-hydrogen) atoms. The highest BCUT2D eigenvalue weighted by Gasteiger charge is 2.30. The Kier molecular flexibility index (Phi) is 2.36. The molecule has 0 atom stereocenters. The highest BCUT2D eigenvalue weighted by molar-refractivity contribution is 6.15. The first-order valence-electron chi connectivity index (χ1n) is 6.51. The summed E-state index contributed by atoms with van der Waals surface area (Å²) in [5.74, 6) is -1.41. The molecule has 0 fully saturated rings. The van der Waals surface area contributed by atoms with E-state index in [2.05, 4.69) is 11.3 Å². The fraction of sp³-hybridized carbons (Fsp3) is 0. The third-order valence-corrected chi connectivity index (χ3v) is 3.73. The van der Waals surface area contributed by atoms with Crippen molar-refractivity contribution in [3.8, 4) is 11.1 Å². The maximum atomic E-state index is 11.7. The molecule has 0 N–H and O–H groups in total. The van der Waals surface area contributed by atoms with Crippen molar-refractivity contribution in [2.75, 3.05) is 0 Å². The lowest BCUT2D eigenvalue weighted by molar-refractivity contribution is 0.0443. The Morgan fingerprint density at radius 1 is 0.636 bits per heavy atom. The number of esters is 3. The van der Waals surface area contributed by atoms with Gasteiger partial charge in [0.25, 0.3) is 0 Å². The summed E-state index contributed by atoms with van der Waals surface area (Å²) in [5.41, 5.74) is 3.02. The summed E-state index contributed by atoms with van der Waals surface area (Å²) < 4.78 is 9.54. The molecule has 0 unspecified atom stereocenters. The number of ether oxygens (including phenoxy) is 2. The van der Waals surface area contributed by atoms with Gasteiger partial charge in [-0.2, -0.15) is 0 Å². The Balaban J connectivity index is 1.84. The molecule has 2 aromatic rings. The van der Waals surface area contributed by atoms with E-state index in [4.69, 9.17) is 4.74 Å². The van der Waals surface area contributed by atoms with Gasteiger partial charge in [-0.25, -0.2) is 14.4 Å². The Bertz CT molecular complexity index is 832. The molecule has 5 nitrogen and oxygen atoms in total. The van der Waals surface area contributed by atoms with Crippen LogP contribution in [0.5, 0.6) is 0 Å². The summed E-state index contributed by atoms with van der Waals surface area (Å²) >= 11 is 0. The zero-order chi connectivity index (χ0) is 15.4. The maximum Gasteiger partial charge on any atom is 0.346 e. The lowest BCUT2D eigenvalue weighted by Crippen LogP contribution is -1.97. The van der Waals surface area contributed by atoms with Crippen molar-refractivity contribution >= 4 is 23.7 Å². The van der Waals surface area contributed by atoms with E-state index < -0.39 is 17.9 Å².